The van der Waals surface area contributed by atoms with Gasteiger partial charge in [-0.3, -0.25) is 4.98 Å². The standard InChI is InChI=1S/C24H38N2O3.C13H23NO3.C11H14ClN/c1-23(2,3)29-22(27)26-14-12-20(17-26)28-15-7-6-8-19-10-9-18-11-13-24(4,5)16-21(18)25-19;1-5-6-9-16-11-7-8-14(10-11)12(15)17-13(2,3)4;1-11(2)6-5-8-3-4-10(12)13-9(8)7-11/h9-10,20H,6-8,11-17H2,1-5H3;5,11H,1,6-10H2,2-4H3;3-4H,5-7H2,1-2H3/t20-;11-;/m11./s1. The molecular formula is C48H75ClN4O6. The molecule has 2 amide bonds. The molecule has 2 atom stereocenters. The number of fused-ring (bicyclic) bond motifs is 2. The van der Waals surface area contributed by atoms with Crippen molar-refractivity contribution in [2.24, 2.45) is 10.8 Å². The van der Waals surface area contributed by atoms with E-state index in [2.05, 4.69) is 57.5 Å². The van der Waals surface area contributed by atoms with E-state index in [1.54, 1.807) is 9.80 Å². The fraction of sp³-hybridized carbons (Fsp3) is 0.708. The lowest BCUT2D eigenvalue weighted by atomic mass is 9.76. The molecule has 0 saturated carbocycles. The number of carbonyl (C=O) groups is 2. The van der Waals surface area contributed by atoms with Gasteiger partial charge in [-0.2, -0.15) is 0 Å². The van der Waals surface area contributed by atoms with Crippen LogP contribution in [0.1, 0.15) is 142 Å². The first-order valence-corrected chi connectivity index (χ1v) is 22.4. The highest BCUT2D eigenvalue weighted by Gasteiger charge is 2.32. The molecule has 0 bridgehead atoms. The van der Waals surface area contributed by atoms with Gasteiger partial charge < -0.3 is 28.7 Å². The van der Waals surface area contributed by atoms with E-state index >= 15 is 0 Å². The van der Waals surface area contributed by atoms with Crippen LogP contribution in [-0.4, -0.2) is 94.8 Å². The van der Waals surface area contributed by atoms with Crippen molar-refractivity contribution >= 4 is 23.8 Å². The third kappa shape index (κ3) is 17.4. The summed E-state index contributed by atoms with van der Waals surface area (Å²) < 4.78 is 22.4. The van der Waals surface area contributed by atoms with Gasteiger partial charge >= 0.3 is 12.2 Å². The number of likely N-dealkylation sites (tertiary alicyclic amines) is 2. The number of rotatable bonds is 10. The molecule has 11 heteroatoms. The van der Waals surface area contributed by atoms with Crippen molar-refractivity contribution in [3.63, 3.8) is 0 Å². The van der Waals surface area contributed by atoms with Crippen LogP contribution in [-0.2, 0) is 51.1 Å². The minimum Gasteiger partial charge on any atom is -0.444 e. The van der Waals surface area contributed by atoms with E-state index in [9.17, 15) is 9.59 Å². The second-order valence-corrected chi connectivity index (χ2v) is 20.7. The predicted octanol–water partition coefficient (Wildman–Crippen LogP) is 10.8. The zero-order chi connectivity index (χ0) is 43.4. The SMILES string of the molecule is C=CCCO[C@@H]1CCN(C(=O)OC(C)(C)C)C1.CC1(C)CCc2ccc(CCCCO[C@@H]3CCN(C(=O)OC(C)(C)C)C3)nc2C1.CC1(C)CCc2ccc(Cl)nc2C1. The molecule has 0 radical (unpaired) electrons. The van der Waals surface area contributed by atoms with Gasteiger partial charge in [0.05, 0.1) is 31.9 Å². The summed E-state index contributed by atoms with van der Waals surface area (Å²) in [6, 6.07) is 8.49. The summed E-state index contributed by atoms with van der Waals surface area (Å²) in [4.78, 5) is 36.7. The van der Waals surface area contributed by atoms with Gasteiger partial charge in [-0.25, -0.2) is 14.6 Å². The van der Waals surface area contributed by atoms with Gasteiger partial charge in [-0.15, -0.1) is 6.58 Å². The number of hydrogen-bond donors (Lipinski definition) is 0. The Hall–Kier alpha value is -3.21. The second-order valence-electron chi connectivity index (χ2n) is 20.3. The van der Waals surface area contributed by atoms with Crippen LogP contribution in [0, 0.1) is 10.8 Å². The van der Waals surface area contributed by atoms with E-state index in [1.807, 2.05) is 53.7 Å². The first-order valence-electron chi connectivity index (χ1n) is 22.0. The molecule has 0 spiro atoms. The van der Waals surface area contributed by atoms with Crippen molar-refractivity contribution < 1.29 is 28.5 Å². The molecule has 2 aliphatic heterocycles. The molecule has 2 aromatic heterocycles. The van der Waals surface area contributed by atoms with Crippen LogP contribution in [0.2, 0.25) is 5.15 Å². The summed E-state index contributed by atoms with van der Waals surface area (Å²) >= 11 is 5.86. The van der Waals surface area contributed by atoms with Gasteiger partial charge in [-0.1, -0.05) is 57.5 Å². The first kappa shape index (κ1) is 48.5. The van der Waals surface area contributed by atoms with E-state index in [-0.39, 0.29) is 24.4 Å². The third-order valence-corrected chi connectivity index (χ3v) is 11.3. The average Bonchev–Trinajstić information content (AvgIpc) is 3.80. The molecule has 4 aliphatic rings. The van der Waals surface area contributed by atoms with Gasteiger partial charge in [0.1, 0.15) is 16.4 Å². The van der Waals surface area contributed by atoms with Crippen LogP contribution in [0.5, 0.6) is 0 Å². The number of unbranched alkanes of at least 4 members (excludes halogenated alkanes) is 1. The number of pyridine rings is 2. The number of carbonyl (C=O) groups excluding carboxylic acids is 2. The van der Waals surface area contributed by atoms with E-state index in [0.717, 1.165) is 77.4 Å². The lowest BCUT2D eigenvalue weighted by Crippen LogP contribution is -2.36. The van der Waals surface area contributed by atoms with E-state index in [0.29, 0.717) is 42.2 Å². The molecule has 59 heavy (non-hydrogen) atoms. The monoisotopic (exact) mass is 839 g/mol. The zero-order valence-electron chi connectivity index (χ0n) is 38.1. The van der Waals surface area contributed by atoms with Gasteiger partial charge in [0.2, 0.25) is 0 Å². The summed E-state index contributed by atoms with van der Waals surface area (Å²) in [5.74, 6) is 0. The van der Waals surface area contributed by atoms with Crippen LogP contribution >= 0.6 is 11.6 Å². The number of aryl methyl sites for hydroxylation is 3. The van der Waals surface area contributed by atoms with Gasteiger partial charge in [-0.05, 0) is 153 Å². The number of halogens is 1. The molecule has 2 saturated heterocycles. The number of hydrogen-bond acceptors (Lipinski definition) is 8. The molecule has 4 heterocycles. The maximum Gasteiger partial charge on any atom is 0.410 e. The molecule has 10 nitrogen and oxygen atoms in total. The quantitative estimate of drug-likeness (QED) is 0.132. The zero-order valence-corrected chi connectivity index (χ0v) is 38.8. The van der Waals surface area contributed by atoms with Crippen molar-refractivity contribution in [1.82, 2.24) is 19.8 Å². The minimum atomic E-state index is -0.448. The summed E-state index contributed by atoms with van der Waals surface area (Å²) in [5.41, 5.74) is 6.42. The van der Waals surface area contributed by atoms with Gasteiger partial charge in [0.15, 0.2) is 0 Å². The van der Waals surface area contributed by atoms with Crippen LogP contribution in [0.4, 0.5) is 9.59 Å². The fourth-order valence-corrected chi connectivity index (χ4v) is 7.86. The number of ether oxygens (including phenoxy) is 4. The van der Waals surface area contributed by atoms with E-state index in [1.165, 1.54) is 41.1 Å². The smallest absolute Gasteiger partial charge is 0.410 e. The minimum absolute atomic E-state index is 0.131. The van der Waals surface area contributed by atoms with Crippen molar-refractivity contribution in [2.45, 2.75) is 170 Å². The molecule has 2 fully saturated rings. The van der Waals surface area contributed by atoms with Crippen LogP contribution < -0.4 is 0 Å². The molecule has 2 aromatic rings. The fourth-order valence-electron chi connectivity index (χ4n) is 7.70. The maximum atomic E-state index is 12.1. The maximum absolute atomic E-state index is 12.1. The Kier molecular flexibility index (Phi) is 17.7. The second kappa shape index (κ2) is 21.5. The normalized spacial score (nSPS) is 20.6. The van der Waals surface area contributed by atoms with Crippen molar-refractivity contribution in [3.05, 3.63) is 70.3 Å². The van der Waals surface area contributed by atoms with E-state index in [4.69, 9.17) is 35.5 Å². The van der Waals surface area contributed by atoms with Gasteiger partial charge in [0.25, 0.3) is 0 Å². The number of aromatic nitrogens is 2. The van der Waals surface area contributed by atoms with Crippen molar-refractivity contribution in [3.8, 4) is 0 Å². The average molecular weight is 840 g/mol. The summed E-state index contributed by atoms with van der Waals surface area (Å²) in [5, 5.41) is 0.622. The number of amides is 2. The Balaban J connectivity index is 0.000000216. The highest BCUT2D eigenvalue weighted by molar-refractivity contribution is 6.29. The largest absolute Gasteiger partial charge is 0.444 e. The summed E-state index contributed by atoms with van der Waals surface area (Å²) in [6.07, 6.45) is 14.3. The van der Waals surface area contributed by atoms with E-state index < -0.39 is 11.2 Å². The Morgan fingerprint density at radius 1 is 0.763 bits per heavy atom. The molecular weight excluding hydrogens is 764 g/mol. The lowest BCUT2D eigenvalue weighted by Gasteiger charge is -2.30. The topological polar surface area (TPSA) is 103 Å². The molecule has 6 rings (SSSR count). The lowest BCUT2D eigenvalue weighted by molar-refractivity contribution is 0.0203. The Labute approximate surface area is 361 Å². The number of nitrogens with zero attached hydrogens (tertiary/aromatic N) is 4. The molecule has 2 aliphatic carbocycles. The predicted molar refractivity (Wildman–Crippen MR) is 237 cm³/mol. The molecule has 330 valence electrons. The van der Waals surface area contributed by atoms with Gasteiger partial charge in [0, 0.05) is 36.8 Å². The van der Waals surface area contributed by atoms with Crippen molar-refractivity contribution in [1.29, 1.82) is 0 Å². The first-order chi connectivity index (χ1) is 27.6. The molecule has 0 aromatic carbocycles. The summed E-state index contributed by atoms with van der Waals surface area (Å²) in [6.45, 7) is 28.3. The highest BCUT2D eigenvalue weighted by Crippen LogP contribution is 2.35. The van der Waals surface area contributed by atoms with Crippen LogP contribution in [0.3, 0.4) is 0 Å². The molecule has 0 N–H and O–H groups in total. The Morgan fingerprint density at radius 2 is 1.25 bits per heavy atom. The van der Waals surface area contributed by atoms with Crippen LogP contribution in [0.15, 0.2) is 36.9 Å². The Bertz CT molecular complexity index is 1680. The third-order valence-electron chi connectivity index (χ3n) is 11.0. The highest BCUT2D eigenvalue weighted by atomic mass is 35.5. The van der Waals surface area contributed by atoms with Crippen LogP contribution in [0.25, 0.3) is 0 Å². The molecule has 0 unspecified atom stereocenters. The van der Waals surface area contributed by atoms with Crippen molar-refractivity contribution in [2.75, 3.05) is 39.4 Å². The Morgan fingerprint density at radius 3 is 1.76 bits per heavy atom. The summed E-state index contributed by atoms with van der Waals surface area (Å²) in [7, 11) is 0.